The van der Waals surface area contributed by atoms with Gasteiger partial charge in [-0.3, -0.25) is 0 Å². The van der Waals surface area contributed by atoms with E-state index in [4.69, 9.17) is 4.98 Å². The van der Waals surface area contributed by atoms with Gasteiger partial charge in [-0.05, 0) is 43.7 Å². The highest BCUT2D eigenvalue weighted by Crippen LogP contribution is 2.28. The van der Waals surface area contributed by atoms with E-state index in [0.29, 0.717) is 0 Å². The number of nitrogens with one attached hydrogen (secondary N) is 1. The molecule has 1 heterocycles. The number of hydrogen-bond acceptors (Lipinski definition) is 3. The van der Waals surface area contributed by atoms with Crippen molar-refractivity contribution in [1.82, 2.24) is 10.3 Å². The lowest BCUT2D eigenvalue weighted by atomic mass is 10.0. The second-order valence-corrected chi connectivity index (χ2v) is 6.05. The Kier molecular flexibility index (Phi) is 3.81. The minimum atomic E-state index is 0.272. The van der Waals surface area contributed by atoms with Gasteiger partial charge in [0.1, 0.15) is 5.01 Å². The number of nitrogens with zero attached hydrogens (tertiary/aromatic N) is 1. The van der Waals surface area contributed by atoms with Crippen LogP contribution in [0.1, 0.15) is 22.2 Å². The molecule has 0 spiro atoms. The van der Waals surface area contributed by atoms with Crippen molar-refractivity contribution in [3.63, 3.8) is 0 Å². The zero-order valence-electron chi connectivity index (χ0n) is 11.8. The Labute approximate surface area is 123 Å². The summed E-state index contributed by atoms with van der Waals surface area (Å²) in [6.07, 6.45) is 0.975. The molecule has 0 bridgehead atoms. The first-order valence-electron chi connectivity index (χ1n) is 6.85. The van der Waals surface area contributed by atoms with Gasteiger partial charge in [0.25, 0.3) is 0 Å². The van der Waals surface area contributed by atoms with E-state index in [1.807, 2.05) is 13.1 Å². The van der Waals surface area contributed by atoms with Crippen molar-refractivity contribution in [2.24, 2.45) is 0 Å². The number of para-hydroxylation sites is 1. The van der Waals surface area contributed by atoms with E-state index in [1.54, 1.807) is 11.3 Å². The Morgan fingerprint density at radius 2 is 1.85 bits per heavy atom. The van der Waals surface area contributed by atoms with Crippen LogP contribution in [-0.4, -0.2) is 12.0 Å². The molecule has 2 aromatic carbocycles. The number of rotatable bonds is 4. The topological polar surface area (TPSA) is 24.9 Å². The molecule has 0 saturated heterocycles. The van der Waals surface area contributed by atoms with Crippen LogP contribution in [0.15, 0.2) is 48.5 Å². The number of thiazole rings is 1. The lowest BCUT2D eigenvalue weighted by Gasteiger charge is -2.14. The quantitative estimate of drug-likeness (QED) is 0.779. The predicted octanol–water partition coefficient (Wildman–Crippen LogP) is 4.11. The van der Waals surface area contributed by atoms with Gasteiger partial charge in [-0.15, -0.1) is 11.3 Å². The fraction of sp³-hybridized carbons (Fsp3) is 0.235. The van der Waals surface area contributed by atoms with Crippen LogP contribution in [0.2, 0.25) is 0 Å². The third-order valence-electron chi connectivity index (χ3n) is 3.64. The summed E-state index contributed by atoms with van der Waals surface area (Å²) in [4.78, 5) is 4.77. The van der Waals surface area contributed by atoms with Crippen LogP contribution < -0.4 is 5.32 Å². The Morgan fingerprint density at radius 1 is 1.10 bits per heavy atom. The molecule has 0 radical (unpaired) electrons. The molecular formula is C17H18N2S. The maximum absolute atomic E-state index is 4.77. The van der Waals surface area contributed by atoms with Crippen molar-refractivity contribution in [1.29, 1.82) is 0 Å². The number of aryl methyl sites for hydroxylation is 1. The average Bonchev–Trinajstić information content (AvgIpc) is 2.90. The monoisotopic (exact) mass is 282 g/mol. The molecule has 0 fully saturated rings. The van der Waals surface area contributed by atoms with Gasteiger partial charge in [0.15, 0.2) is 0 Å². The molecule has 0 saturated carbocycles. The third-order valence-corrected chi connectivity index (χ3v) is 4.79. The first-order valence-corrected chi connectivity index (χ1v) is 7.67. The van der Waals surface area contributed by atoms with Gasteiger partial charge in [0, 0.05) is 0 Å². The van der Waals surface area contributed by atoms with Gasteiger partial charge in [-0.2, -0.15) is 0 Å². The van der Waals surface area contributed by atoms with Gasteiger partial charge in [0.05, 0.1) is 16.3 Å². The number of likely N-dealkylation sites (N-methyl/N-ethyl adjacent to an activating group) is 1. The lowest BCUT2D eigenvalue weighted by molar-refractivity contribution is 0.588. The van der Waals surface area contributed by atoms with Crippen molar-refractivity contribution in [3.05, 3.63) is 64.7 Å². The van der Waals surface area contributed by atoms with E-state index < -0.39 is 0 Å². The first-order chi connectivity index (χ1) is 9.78. The molecule has 2 nitrogen and oxygen atoms in total. The molecule has 0 amide bonds. The average molecular weight is 282 g/mol. The summed E-state index contributed by atoms with van der Waals surface area (Å²) in [5.74, 6) is 0. The maximum Gasteiger partial charge on any atom is 0.111 e. The van der Waals surface area contributed by atoms with Crippen LogP contribution in [0, 0.1) is 6.92 Å². The molecule has 20 heavy (non-hydrogen) atoms. The molecule has 3 aromatic rings. The largest absolute Gasteiger partial charge is 0.311 e. The Hall–Kier alpha value is -1.71. The predicted molar refractivity (Wildman–Crippen MR) is 86.3 cm³/mol. The van der Waals surface area contributed by atoms with E-state index >= 15 is 0 Å². The Bertz CT molecular complexity index is 685. The molecule has 0 aliphatic rings. The second-order valence-electron chi connectivity index (χ2n) is 4.99. The van der Waals surface area contributed by atoms with Crippen LogP contribution >= 0.6 is 11.3 Å². The van der Waals surface area contributed by atoms with Crippen molar-refractivity contribution in [3.8, 4) is 0 Å². The van der Waals surface area contributed by atoms with Crippen molar-refractivity contribution in [2.45, 2.75) is 19.4 Å². The fourth-order valence-corrected chi connectivity index (χ4v) is 3.49. The van der Waals surface area contributed by atoms with E-state index in [0.717, 1.165) is 16.9 Å². The van der Waals surface area contributed by atoms with Crippen LogP contribution in [-0.2, 0) is 6.42 Å². The van der Waals surface area contributed by atoms with Crippen LogP contribution in [0.3, 0.4) is 0 Å². The molecule has 0 aliphatic heterocycles. The second kappa shape index (κ2) is 5.73. The number of aromatic nitrogens is 1. The van der Waals surface area contributed by atoms with E-state index in [2.05, 4.69) is 54.7 Å². The minimum Gasteiger partial charge on any atom is -0.311 e. The molecule has 1 aromatic heterocycles. The SMILES string of the molecule is CNC(Cc1ccccc1C)c1nc2ccccc2s1. The van der Waals surface area contributed by atoms with Gasteiger partial charge in [-0.1, -0.05) is 36.4 Å². The number of fused-ring (bicyclic) bond motifs is 1. The molecule has 1 N–H and O–H groups in total. The van der Waals surface area contributed by atoms with Gasteiger partial charge in [-0.25, -0.2) is 4.98 Å². The summed E-state index contributed by atoms with van der Waals surface area (Å²) in [6, 6.07) is 17.2. The summed E-state index contributed by atoms with van der Waals surface area (Å²) >= 11 is 1.78. The smallest absolute Gasteiger partial charge is 0.111 e. The zero-order valence-corrected chi connectivity index (χ0v) is 12.6. The van der Waals surface area contributed by atoms with Crippen LogP contribution in [0.25, 0.3) is 10.2 Å². The number of benzene rings is 2. The van der Waals surface area contributed by atoms with Gasteiger partial charge < -0.3 is 5.32 Å². The molecular weight excluding hydrogens is 264 g/mol. The maximum atomic E-state index is 4.77. The van der Waals surface area contributed by atoms with Crippen molar-refractivity contribution in [2.75, 3.05) is 7.05 Å². The summed E-state index contributed by atoms with van der Waals surface area (Å²) < 4.78 is 1.26. The summed E-state index contributed by atoms with van der Waals surface area (Å²) in [6.45, 7) is 2.17. The van der Waals surface area contributed by atoms with Crippen molar-refractivity contribution < 1.29 is 0 Å². The summed E-state index contributed by atoms with van der Waals surface area (Å²) in [5, 5.41) is 4.57. The van der Waals surface area contributed by atoms with E-state index in [9.17, 15) is 0 Å². The normalized spacial score (nSPS) is 12.7. The highest BCUT2D eigenvalue weighted by atomic mass is 32.1. The van der Waals surface area contributed by atoms with Crippen LogP contribution in [0.5, 0.6) is 0 Å². The van der Waals surface area contributed by atoms with Gasteiger partial charge >= 0.3 is 0 Å². The Morgan fingerprint density at radius 3 is 2.60 bits per heavy atom. The first kappa shape index (κ1) is 13.3. The van der Waals surface area contributed by atoms with E-state index in [1.165, 1.54) is 15.8 Å². The van der Waals surface area contributed by atoms with Crippen molar-refractivity contribution >= 4 is 21.6 Å². The summed E-state index contributed by atoms with van der Waals surface area (Å²) in [5.41, 5.74) is 3.82. The molecule has 0 aliphatic carbocycles. The van der Waals surface area contributed by atoms with Crippen LogP contribution in [0.4, 0.5) is 0 Å². The Balaban J connectivity index is 1.91. The highest BCUT2D eigenvalue weighted by molar-refractivity contribution is 7.18. The van der Waals surface area contributed by atoms with E-state index in [-0.39, 0.29) is 6.04 Å². The zero-order chi connectivity index (χ0) is 13.9. The lowest BCUT2D eigenvalue weighted by Crippen LogP contribution is -2.19. The fourth-order valence-electron chi connectivity index (χ4n) is 2.41. The standard InChI is InChI=1S/C17H18N2S/c1-12-7-3-4-8-13(12)11-15(18-2)17-19-14-9-5-6-10-16(14)20-17/h3-10,15,18H,11H2,1-2H3. The molecule has 102 valence electrons. The minimum absolute atomic E-state index is 0.272. The third kappa shape index (κ3) is 2.60. The molecule has 1 atom stereocenters. The van der Waals surface area contributed by atoms with Gasteiger partial charge in [0.2, 0.25) is 0 Å². The molecule has 3 heteroatoms. The highest BCUT2D eigenvalue weighted by Gasteiger charge is 2.15. The number of hydrogen-bond donors (Lipinski definition) is 1. The summed E-state index contributed by atoms with van der Waals surface area (Å²) in [7, 11) is 2.01. The molecule has 1 unspecified atom stereocenters. The molecule has 3 rings (SSSR count).